The van der Waals surface area contributed by atoms with E-state index in [1.807, 2.05) is 36.7 Å². The molecule has 1 saturated heterocycles. The number of hydrogen-bond donors (Lipinski definition) is 1. The highest BCUT2D eigenvalue weighted by Crippen LogP contribution is 2.21. The Labute approximate surface area is 185 Å². The Bertz CT molecular complexity index is 1070. The molecule has 0 unspecified atom stereocenters. The largest absolute Gasteiger partial charge is 0.368 e. The van der Waals surface area contributed by atoms with Gasteiger partial charge in [-0.3, -0.25) is 4.98 Å². The smallest absolute Gasteiger partial charge is 0.240 e. The van der Waals surface area contributed by atoms with Crippen LogP contribution >= 0.6 is 15.9 Å². The first kappa shape index (κ1) is 20.8. The van der Waals surface area contributed by atoms with Gasteiger partial charge in [-0.2, -0.15) is 0 Å². The van der Waals surface area contributed by atoms with Gasteiger partial charge in [0.1, 0.15) is 0 Å². The van der Waals surface area contributed by atoms with E-state index in [1.165, 1.54) is 5.69 Å². The van der Waals surface area contributed by atoms with Crippen molar-refractivity contribution in [2.45, 2.75) is 11.4 Å². The lowest BCUT2D eigenvalue weighted by atomic mass is 10.1. The van der Waals surface area contributed by atoms with E-state index in [1.54, 1.807) is 24.3 Å². The van der Waals surface area contributed by atoms with Crippen molar-refractivity contribution in [1.82, 2.24) is 9.71 Å². The van der Waals surface area contributed by atoms with E-state index < -0.39 is 10.0 Å². The van der Waals surface area contributed by atoms with Gasteiger partial charge in [-0.15, -0.1) is 0 Å². The average Bonchev–Trinajstić information content (AvgIpc) is 2.79. The van der Waals surface area contributed by atoms with Gasteiger partial charge in [0.25, 0.3) is 0 Å². The molecule has 0 amide bonds. The lowest BCUT2D eigenvalue weighted by molar-refractivity contribution is 0.581. The van der Waals surface area contributed by atoms with Crippen molar-refractivity contribution in [2.75, 3.05) is 36.0 Å². The summed E-state index contributed by atoms with van der Waals surface area (Å²) >= 11 is 3.32. The van der Waals surface area contributed by atoms with Gasteiger partial charge >= 0.3 is 0 Å². The van der Waals surface area contributed by atoms with Crippen molar-refractivity contribution in [3.05, 3.63) is 83.1 Å². The van der Waals surface area contributed by atoms with Crippen LogP contribution in [0, 0.1) is 0 Å². The Hall–Kier alpha value is -2.42. The molecule has 1 aliphatic heterocycles. The lowest BCUT2D eigenvalue weighted by Crippen LogP contribution is -2.46. The summed E-state index contributed by atoms with van der Waals surface area (Å²) in [5, 5.41) is 0. The summed E-state index contributed by atoms with van der Waals surface area (Å²) in [5.41, 5.74) is 3.29. The molecule has 4 rings (SSSR count). The van der Waals surface area contributed by atoms with Gasteiger partial charge in [0, 0.05) is 61.0 Å². The number of anilines is 2. The number of nitrogens with one attached hydrogen (secondary N) is 1. The van der Waals surface area contributed by atoms with E-state index in [4.69, 9.17) is 0 Å². The summed E-state index contributed by atoms with van der Waals surface area (Å²) in [6, 6.07) is 18.8. The van der Waals surface area contributed by atoms with Crippen LogP contribution < -0.4 is 14.5 Å². The molecule has 0 spiro atoms. The van der Waals surface area contributed by atoms with Gasteiger partial charge < -0.3 is 9.80 Å². The zero-order valence-electron chi connectivity index (χ0n) is 16.4. The zero-order chi connectivity index (χ0) is 21.0. The van der Waals surface area contributed by atoms with Crippen LogP contribution in [0.25, 0.3) is 0 Å². The summed E-state index contributed by atoms with van der Waals surface area (Å²) in [7, 11) is -3.53. The van der Waals surface area contributed by atoms with Crippen molar-refractivity contribution >= 4 is 37.3 Å². The monoisotopic (exact) mass is 486 g/mol. The Morgan fingerprint density at radius 2 is 1.33 bits per heavy atom. The van der Waals surface area contributed by atoms with E-state index in [0.29, 0.717) is 0 Å². The number of piperazine rings is 1. The van der Waals surface area contributed by atoms with Crippen LogP contribution in [0.1, 0.15) is 5.56 Å². The Balaban J connectivity index is 1.33. The van der Waals surface area contributed by atoms with Gasteiger partial charge in [-0.25, -0.2) is 13.1 Å². The fourth-order valence-corrected chi connectivity index (χ4v) is 4.76. The highest BCUT2D eigenvalue weighted by molar-refractivity contribution is 9.10. The summed E-state index contributed by atoms with van der Waals surface area (Å²) in [5.74, 6) is 0. The Kier molecular flexibility index (Phi) is 6.36. The fraction of sp³-hybridized carbons (Fsp3) is 0.227. The Morgan fingerprint density at radius 3 is 1.90 bits per heavy atom. The van der Waals surface area contributed by atoms with E-state index in [2.05, 4.69) is 47.6 Å². The molecular formula is C22H23BrN4O2S. The first-order valence-corrected chi connectivity index (χ1v) is 12.0. The van der Waals surface area contributed by atoms with Crippen LogP contribution in [0.2, 0.25) is 0 Å². The molecule has 0 aliphatic carbocycles. The zero-order valence-corrected chi connectivity index (χ0v) is 18.8. The molecule has 3 aromatic rings. The predicted octanol–water partition coefficient (Wildman–Crippen LogP) is 3.65. The number of aromatic nitrogens is 1. The summed E-state index contributed by atoms with van der Waals surface area (Å²) in [4.78, 5) is 9.06. The third kappa shape index (κ3) is 5.00. The fourth-order valence-electron chi connectivity index (χ4n) is 3.48. The minimum atomic E-state index is -3.53. The minimum absolute atomic E-state index is 0.258. The van der Waals surface area contributed by atoms with E-state index in [0.717, 1.165) is 41.9 Å². The van der Waals surface area contributed by atoms with Crippen molar-refractivity contribution in [3.8, 4) is 0 Å². The quantitative estimate of drug-likeness (QED) is 0.575. The standard InChI is InChI=1S/C22H23BrN4O2S/c23-19-3-7-22(8-4-19)30(28,29)25-17-18-1-5-20(6-2-18)26-13-15-27(16-14-26)21-9-11-24-12-10-21/h1-12,25H,13-17H2. The predicted molar refractivity (Wildman–Crippen MR) is 123 cm³/mol. The second kappa shape index (κ2) is 9.16. The molecule has 1 fully saturated rings. The van der Waals surface area contributed by atoms with Gasteiger partial charge in [-0.1, -0.05) is 28.1 Å². The van der Waals surface area contributed by atoms with Crippen molar-refractivity contribution < 1.29 is 8.42 Å². The molecule has 1 aromatic heterocycles. The molecule has 0 bridgehead atoms. The van der Waals surface area contributed by atoms with Crippen LogP contribution in [0.4, 0.5) is 11.4 Å². The van der Waals surface area contributed by atoms with Crippen molar-refractivity contribution in [2.24, 2.45) is 0 Å². The molecule has 30 heavy (non-hydrogen) atoms. The molecule has 2 aromatic carbocycles. The van der Waals surface area contributed by atoms with Gasteiger partial charge in [0.15, 0.2) is 0 Å². The number of sulfonamides is 1. The number of nitrogens with zero attached hydrogens (tertiary/aromatic N) is 3. The molecule has 0 atom stereocenters. The summed E-state index contributed by atoms with van der Waals surface area (Å²) in [6.07, 6.45) is 3.65. The maximum atomic E-state index is 12.4. The maximum absolute atomic E-state index is 12.4. The molecule has 1 N–H and O–H groups in total. The number of hydrogen-bond acceptors (Lipinski definition) is 5. The van der Waals surface area contributed by atoms with Crippen molar-refractivity contribution in [3.63, 3.8) is 0 Å². The molecular weight excluding hydrogens is 464 g/mol. The normalized spacial score (nSPS) is 14.7. The molecule has 0 radical (unpaired) electrons. The average molecular weight is 487 g/mol. The Morgan fingerprint density at radius 1 is 0.800 bits per heavy atom. The van der Waals surface area contributed by atoms with E-state index >= 15 is 0 Å². The van der Waals surface area contributed by atoms with E-state index in [-0.39, 0.29) is 11.4 Å². The van der Waals surface area contributed by atoms with Crippen LogP contribution in [-0.2, 0) is 16.6 Å². The highest BCUT2D eigenvalue weighted by atomic mass is 79.9. The maximum Gasteiger partial charge on any atom is 0.240 e. The molecule has 6 nitrogen and oxygen atoms in total. The number of pyridine rings is 1. The molecule has 1 aliphatic rings. The lowest BCUT2D eigenvalue weighted by Gasteiger charge is -2.37. The number of rotatable bonds is 6. The highest BCUT2D eigenvalue weighted by Gasteiger charge is 2.18. The topological polar surface area (TPSA) is 65.5 Å². The first-order valence-electron chi connectivity index (χ1n) is 9.75. The van der Waals surface area contributed by atoms with Gasteiger partial charge in [0.2, 0.25) is 10.0 Å². The van der Waals surface area contributed by atoms with Gasteiger partial charge in [0.05, 0.1) is 4.90 Å². The number of benzene rings is 2. The van der Waals surface area contributed by atoms with E-state index in [9.17, 15) is 8.42 Å². The third-order valence-electron chi connectivity index (χ3n) is 5.20. The third-order valence-corrected chi connectivity index (χ3v) is 7.15. The second-order valence-electron chi connectivity index (χ2n) is 7.12. The van der Waals surface area contributed by atoms with Crippen LogP contribution in [0.15, 0.2) is 82.4 Å². The number of halogens is 1. The summed E-state index contributed by atoms with van der Waals surface area (Å²) < 4.78 is 28.4. The second-order valence-corrected chi connectivity index (χ2v) is 9.81. The molecule has 156 valence electrons. The van der Waals surface area contributed by atoms with Crippen LogP contribution in [-0.4, -0.2) is 39.6 Å². The van der Waals surface area contributed by atoms with Crippen LogP contribution in [0.3, 0.4) is 0 Å². The van der Waals surface area contributed by atoms with Gasteiger partial charge in [-0.05, 0) is 54.1 Å². The minimum Gasteiger partial charge on any atom is -0.368 e. The summed E-state index contributed by atoms with van der Waals surface area (Å²) in [6.45, 7) is 4.06. The van der Waals surface area contributed by atoms with Crippen LogP contribution in [0.5, 0.6) is 0 Å². The molecule has 2 heterocycles. The molecule has 0 saturated carbocycles. The first-order chi connectivity index (χ1) is 14.5. The molecule has 8 heteroatoms. The SMILES string of the molecule is O=S(=O)(NCc1ccc(N2CCN(c3ccncc3)CC2)cc1)c1ccc(Br)cc1. The van der Waals surface area contributed by atoms with Crippen molar-refractivity contribution in [1.29, 1.82) is 0 Å².